The van der Waals surface area contributed by atoms with Gasteiger partial charge in [-0.2, -0.15) is 0 Å². The van der Waals surface area contributed by atoms with Gasteiger partial charge in [-0.15, -0.1) is 0 Å². The standard InChI is InChI=1S/C13H18O3/c14-11-6-3-4-9-8-10-5-1-2-7-13(10,15)16-12(9)11/h10,15H,1-8H2. The highest BCUT2D eigenvalue weighted by molar-refractivity contribution is 5.95. The van der Waals surface area contributed by atoms with Crippen LogP contribution in [0.15, 0.2) is 11.3 Å². The summed E-state index contributed by atoms with van der Waals surface area (Å²) < 4.78 is 5.68. The molecule has 3 heteroatoms. The average molecular weight is 222 g/mol. The number of allylic oxidation sites excluding steroid dienone is 2. The Hall–Kier alpha value is -0.830. The van der Waals surface area contributed by atoms with Crippen LogP contribution in [-0.2, 0) is 9.53 Å². The summed E-state index contributed by atoms with van der Waals surface area (Å²) in [7, 11) is 0. The van der Waals surface area contributed by atoms with E-state index in [1.54, 1.807) is 0 Å². The monoisotopic (exact) mass is 222 g/mol. The summed E-state index contributed by atoms with van der Waals surface area (Å²) in [6.07, 6.45) is 7.27. The van der Waals surface area contributed by atoms with Gasteiger partial charge in [-0.25, -0.2) is 0 Å². The molecular weight excluding hydrogens is 204 g/mol. The second-order valence-corrected chi connectivity index (χ2v) is 5.30. The average Bonchev–Trinajstić information content (AvgIpc) is 2.27. The van der Waals surface area contributed by atoms with Gasteiger partial charge in [0.25, 0.3) is 0 Å². The fourth-order valence-electron chi connectivity index (χ4n) is 3.28. The molecule has 3 aliphatic rings. The van der Waals surface area contributed by atoms with Gasteiger partial charge in [0, 0.05) is 18.8 Å². The van der Waals surface area contributed by atoms with Crippen LogP contribution in [0.25, 0.3) is 0 Å². The molecule has 3 nitrogen and oxygen atoms in total. The van der Waals surface area contributed by atoms with Crippen molar-refractivity contribution in [2.75, 3.05) is 0 Å². The van der Waals surface area contributed by atoms with Gasteiger partial charge in [0.2, 0.25) is 5.79 Å². The van der Waals surface area contributed by atoms with E-state index in [9.17, 15) is 9.90 Å². The third-order valence-corrected chi connectivity index (χ3v) is 4.20. The zero-order valence-electron chi connectivity index (χ0n) is 9.50. The van der Waals surface area contributed by atoms with Crippen molar-refractivity contribution in [3.63, 3.8) is 0 Å². The van der Waals surface area contributed by atoms with E-state index in [0.29, 0.717) is 18.6 Å². The summed E-state index contributed by atoms with van der Waals surface area (Å²) in [5, 5.41) is 10.4. The van der Waals surface area contributed by atoms with Crippen LogP contribution >= 0.6 is 0 Å². The van der Waals surface area contributed by atoms with E-state index >= 15 is 0 Å². The Morgan fingerprint density at radius 3 is 3.00 bits per heavy atom. The molecule has 0 radical (unpaired) electrons. The van der Waals surface area contributed by atoms with Gasteiger partial charge in [0.15, 0.2) is 11.5 Å². The molecule has 1 aliphatic heterocycles. The molecule has 1 N–H and O–H groups in total. The maximum Gasteiger partial charge on any atom is 0.211 e. The van der Waals surface area contributed by atoms with Gasteiger partial charge in [-0.05, 0) is 37.7 Å². The van der Waals surface area contributed by atoms with E-state index in [2.05, 4.69) is 0 Å². The Kier molecular flexibility index (Phi) is 2.32. The Labute approximate surface area is 95.5 Å². The Bertz CT molecular complexity index is 358. The Balaban J connectivity index is 1.93. The van der Waals surface area contributed by atoms with E-state index in [1.165, 1.54) is 6.42 Å². The first-order valence-electron chi connectivity index (χ1n) is 6.36. The fourth-order valence-corrected chi connectivity index (χ4v) is 3.28. The number of hydrogen-bond donors (Lipinski definition) is 1. The molecule has 0 bridgehead atoms. The number of ether oxygens (including phenoxy) is 1. The molecule has 0 saturated heterocycles. The second kappa shape index (κ2) is 3.59. The molecule has 0 amide bonds. The normalized spacial score (nSPS) is 38.8. The molecule has 0 spiro atoms. The molecule has 2 aliphatic carbocycles. The van der Waals surface area contributed by atoms with Gasteiger partial charge < -0.3 is 9.84 Å². The van der Waals surface area contributed by atoms with E-state index in [4.69, 9.17) is 4.74 Å². The lowest BCUT2D eigenvalue weighted by Gasteiger charge is -2.45. The minimum Gasteiger partial charge on any atom is -0.459 e. The lowest BCUT2D eigenvalue weighted by molar-refractivity contribution is -0.239. The number of ketones is 1. The number of hydrogen-bond acceptors (Lipinski definition) is 3. The number of rotatable bonds is 0. The highest BCUT2D eigenvalue weighted by Gasteiger charge is 2.47. The molecule has 16 heavy (non-hydrogen) atoms. The molecule has 88 valence electrons. The van der Waals surface area contributed by atoms with Gasteiger partial charge in [0.05, 0.1) is 0 Å². The van der Waals surface area contributed by atoms with Crippen LogP contribution in [-0.4, -0.2) is 16.7 Å². The van der Waals surface area contributed by atoms with Crippen molar-refractivity contribution in [2.45, 2.75) is 57.2 Å². The molecule has 2 unspecified atom stereocenters. The van der Waals surface area contributed by atoms with Crippen LogP contribution in [0.5, 0.6) is 0 Å². The number of carbonyl (C=O) groups is 1. The van der Waals surface area contributed by atoms with Crippen molar-refractivity contribution in [1.29, 1.82) is 0 Å². The minimum absolute atomic E-state index is 0.0960. The molecule has 1 fully saturated rings. The first-order valence-corrected chi connectivity index (χ1v) is 6.36. The minimum atomic E-state index is -1.04. The highest BCUT2D eigenvalue weighted by Crippen LogP contribution is 2.46. The van der Waals surface area contributed by atoms with E-state index in [1.807, 2.05) is 0 Å². The summed E-state index contributed by atoms with van der Waals surface area (Å²) in [6, 6.07) is 0. The van der Waals surface area contributed by atoms with Crippen molar-refractivity contribution >= 4 is 5.78 Å². The Morgan fingerprint density at radius 2 is 2.12 bits per heavy atom. The smallest absolute Gasteiger partial charge is 0.211 e. The van der Waals surface area contributed by atoms with Crippen molar-refractivity contribution in [1.82, 2.24) is 0 Å². The van der Waals surface area contributed by atoms with Gasteiger partial charge in [-0.3, -0.25) is 4.79 Å². The Morgan fingerprint density at radius 1 is 1.25 bits per heavy atom. The van der Waals surface area contributed by atoms with E-state index in [0.717, 1.165) is 37.7 Å². The molecule has 3 rings (SSSR count). The lowest BCUT2D eigenvalue weighted by Crippen LogP contribution is -2.47. The summed E-state index contributed by atoms with van der Waals surface area (Å²) in [5.41, 5.74) is 1.16. The van der Waals surface area contributed by atoms with Gasteiger partial charge in [0.1, 0.15) is 0 Å². The van der Waals surface area contributed by atoms with Crippen molar-refractivity contribution in [3.8, 4) is 0 Å². The molecule has 2 atom stereocenters. The summed E-state index contributed by atoms with van der Waals surface area (Å²) in [6.45, 7) is 0. The largest absolute Gasteiger partial charge is 0.459 e. The number of fused-ring (bicyclic) bond motifs is 1. The van der Waals surface area contributed by atoms with Crippen molar-refractivity contribution in [2.24, 2.45) is 5.92 Å². The molecule has 1 heterocycles. The summed E-state index contributed by atoms with van der Waals surface area (Å²) >= 11 is 0. The molecule has 0 aromatic rings. The van der Waals surface area contributed by atoms with Crippen LogP contribution in [0, 0.1) is 5.92 Å². The van der Waals surface area contributed by atoms with Crippen LogP contribution in [0.3, 0.4) is 0 Å². The fraction of sp³-hybridized carbons (Fsp3) is 0.769. The third-order valence-electron chi connectivity index (χ3n) is 4.20. The predicted octanol–water partition coefficient (Wildman–Crippen LogP) is 2.29. The number of aliphatic hydroxyl groups is 1. The molecule has 0 aromatic carbocycles. The SMILES string of the molecule is O=C1CCCC2=C1OC1(O)CCCCC1C2. The number of carbonyl (C=O) groups excluding carboxylic acids is 1. The maximum absolute atomic E-state index is 11.8. The van der Waals surface area contributed by atoms with Crippen molar-refractivity contribution < 1.29 is 14.6 Å². The summed E-state index contributed by atoms with van der Waals surface area (Å²) in [4.78, 5) is 11.8. The van der Waals surface area contributed by atoms with Crippen LogP contribution in [0.1, 0.15) is 51.4 Å². The topological polar surface area (TPSA) is 46.5 Å². The summed E-state index contributed by atoms with van der Waals surface area (Å²) in [5.74, 6) is -0.221. The van der Waals surface area contributed by atoms with Gasteiger partial charge in [-0.1, -0.05) is 6.42 Å². The second-order valence-electron chi connectivity index (χ2n) is 5.30. The maximum atomic E-state index is 11.8. The van der Waals surface area contributed by atoms with E-state index < -0.39 is 5.79 Å². The lowest BCUT2D eigenvalue weighted by atomic mass is 9.75. The third kappa shape index (κ3) is 1.49. The van der Waals surface area contributed by atoms with Crippen LogP contribution in [0.4, 0.5) is 0 Å². The van der Waals surface area contributed by atoms with Crippen LogP contribution in [0.2, 0.25) is 0 Å². The highest BCUT2D eigenvalue weighted by atomic mass is 16.6. The zero-order chi connectivity index (χ0) is 11.2. The van der Waals surface area contributed by atoms with Crippen LogP contribution < -0.4 is 0 Å². The van der Waals surface area contributed by atoms with E-state index in [-0.39, 0.29) is 11.7 Å². The molecular formula is C13H18O3. The van der Waals surface area contributed by atoms with Crippen molar-refractivity contribution in [3.05, 3.63) is 11.3 Å². The first-order chi connectivity index (χ1) is 7.69. The molecule has 0 aromatic heterocycles. The number of Topliss-reactive ketones (excluding diaryl/α,β-unsaturated/α-hetero) is 1. The molecule has 1 saturated carbocycles. The van der Waals surface area contributed by atoms with Gasteiger partial charge >= 0.3 is 0 Å². The zero-order valence-corrected chi connectivity index (χ0v) is 9.50. The quantitative estimate of drug-likeness (QED) is 0.684. The predicted molar refractivity (Wildman–Crippen MR) is 58.5 cm³/mol. The first kappa shape index (κ1) is 10.3.